The molecule has 0 saturated carbocycles. The molecule has 2 atom stereocenters. The molecule has 34 heavy (non-hydrogen) atoms. The van der Waals surface area contributed by atoms with E-state index in [2.05, 4.69) is 29.2 Å². The summed E-state index contributed by atoms with van der Waals surface area (Å²) in [6.07, 6.45) is 5.04. The maximum Gasteiger partial charge on any atom is 0.215 e. The molecule has 7 heteroatoms. The summed E-state index contributed by atoms with van der Waals surface area (Å²) >= 11 is 6.61. The fourth-order valence-electron chi connectivity index (χ4n) is 4.07. The zero-order valence-corrected chi connectivity index (χ0v) is 19.5. The lowest BCUT2D eigenvalue weighted by Gasteiger charge is -2.30. The standard InChI is InChI=1S/C27H25ClN2O4/c1-31-23-11-12-25(26(28)15-23)27(18-30-14-13-29-19-30)33-17-24(34-27)16-32-22-9-7-21(8-10-22)20-5-3-2-4-6-20/h2-15,19,24H,16-18H2,1H3. The van der Waals surface area contributed by atoms with Crippen molar-refractivity contribution in [3.05, 3.63) is 102 Å². The molecular weight excluding hydrogens is 452 g/mol. The van der Waals surface area contributed by atoms with Gasteiger partial charge >= 0.3 is 0 Å². The van der Waals surface area contributed by atoms with Gasteiger partial charge in [-0.1, -0.05) is 54.1 Å². The van der Waals surface area contributed by atoms with E-state index in [-0.39, 0.29) is 6.10 Å². The lowest BCUT2D eigenvalue weighted by molar-refractivity contribution is -0.189. The number of nitrogens with zero attached hydrogens (tertiary/aromatic N) is 2. The van der Waals surface area contributed by atoms with Crippen LogP contribution < -0.4 is 9.47 Å². The highest BCUT2D eigenvalue weighted by Crippen LogP contribution is 2.41. The van der Waals surface area contributed by atoms with Gasteiger partial charge in [0.25, 0.3) is 0 Å². The minimum absolute atomic E-state index is 0.268. The van der Waals surface area contributed by atoms with E-state index >= 15 is 0 Å². The molecule has 0 amide bonds. The Morgan fingerprint density at radius 1 is 1.03 bits per heavy atom. The normalized spacial score (nSPS) is 19.8. The molecule has 6 nitrogen and oxygen atoms in total. The van der Waals surface area contributed by atoms with E-state index < -0.39 is 5.79 Å². The molecular formula is C27H25ClN2O4. The zero-order valence-electron chi connectivity index (χ0n) is 18.8. The SMILES string of the molecule is COc1ccc(C2(Cn3ccnc3)OCC(COc3ccc(-c4ccccc4)cc3)O2)c(Cl)c1. The summed E-state index contributed by atoms with van der Waals surface area (Å²) in [6.45, 7) is 1.13. The first kappa shape index (κ1) is 22.5. The van der Waals surface area contributed by atoms with Gasteiger partial charge in [0, 0.05) is 18.0 Å². The molecule has 4 aromatic rings. The van der Waals surface area contributed by atoms with Gasteiger partial charge in [0.05, 0.1) is 31.6 Å². The lowest BCUT2D eigenvalue weighted by Crippen LogP contribution is -2.34. The van der Waals surface area contributed by atoms with Gasteiger partial charge in [0.1, 0.15) is 24.2 Å². The van der Waals surface area contributed by atoms with Crippen molar-refractivity contribution < 1.29 is 18.9 Å². The number of rotatable bonds is 8. The third kappa shape index (κ3) is 4.80. The van der Waals surface area contributed by atoms with E-state index in [4.69, 9.17) is 30.5 Å². The molecule has 0 bridgehead atoms. The Morgan fingerprint density at radius 3 is 2.50 bits per heavy atom. The smallest absolute Gasteiger partial charge is 0.215 e. The van der Waals surface area contributed by atoms with Gasteiger partial charge < -0.3 is 23.5 Å². The Kier molecular flexibility index (Phi) is 6.54. The maximum absolute atomic E-state index is 6.61. The van der Waals surface area contributed by atoms with Crippen molar-refractivity contribution in [3.63, 3.8) is 0 Å². The Morgan fingerprint density at radius 2 is 1.79 bits per heavy atom. The van der Waals surface area contributed by atoms with Crippen LogP contribution in [0, 0.1) is 0 Å². The zero-order chi connectivity index (χ0) is 23.4. The molecule has 1 aliphatic heterocycles. The van der Waals surface area contributed by atoms with Crippen molar-refractivity contribution in [3.8, 4) is 22.6 Å². The number of hydrogen-bond acceptors (Lipinski definition) is 5. The van der Waals surface area contributed by atoms with Gasteiger partial charge in [0.2, 0.25) is 5.79 Å². The van der Waals surface area contributed by atoms with Gasteiger partial charge in [-0.3, -0.25) is 0 Å². The molecule has 1 aromatic heterocycles. The number of hydrogen-bond donors (Lipinski definition) is 0. The summed E-state index contributed by atoms with van der Waals surface area (Å²) in [5, 5.41) is 0.512. The minimum atomic E-state index is -1.06. The third-order valence-electron chi connectivity index (χ3n) is 5.79. The predicted molar refractivity (Wildman–Crippen MR) is 130 cm³/mol. The van der Waals surface area contributed by atoms with Crippen LogP contribution >= 0.6 is 11.6 Å². The van der Waals surface area contributed by atoms with Gasteiger partial charge in [0.15, 0.2) is 0 Å². The van der Waals surface area contributed by atoms with Crippen LogP contribution in [0.25, 0.3) is 11.1 Å². The van der Waals surface area contributed by atoms with E-state index in [0.29, 0.717) is 30.5 Å². The van der Waals surface area contributed by atoms with Crippen molar-refractivity contribution in [1.82, 2.24) is 9.55 Å². The second-order valence-corrected chi connectivity index (χ2v) is 8.49. The lowest BCUT2D eigenvalue weighted by atomic mass is 10.1. The van der Waals surface area contributed by atoms with E-state index in [9.17, 15) is 0 Å². The Hall–Kier alpha value is -3.32. The molecule has 0 radical (unpaired) electrons. The minimum Gasteiger partial charge on any atom is -0.497 e. The molecule has 0 aliphatic carbocycles. The molecule has 0 N–H and O–H groups in total. The molecule has 2 heterocycles. The first-order valence-electron chi connectivity index (χ1n) is 11.0. The highest BCUT2D eigenvalue weighted by molar-refractivity contribution is 6.31. The largest absolute Gasteiger partial charge is 0.497 e. The molecule has 3 aromatic carbocycles. The van der Waals surface area contributed by atoms with Gasteiger partial charge in [-0.2, -0.15) is 0 Å². The average molecular weight is 477 g/mol. The average Bonchev–Trinajstić information content (AvgIpc) is 3.54. The van der Waals surface area contributed by atoms with Crippen molar-refractivity contribution in [1.29, 1.82) is 0 Å². The van der Waals surface area contributed by atoms with Crippen LogP contribution in [0.5, 0.6) is 11.5 Å². The number of methoxy groups -OCH3 is 1. The highest BCUT2D eigenvalue weighted by Gasteiger charge is 2.45. The van der Waals surface area contributed by atoms with Gasteiger partial charge in [-0.05, 0) is 41.5 Å². The van der Waals surface area contributed by atoms with Crippen LogP contribution in [0.3, 0.4) is 0 Å². The number of imidazole rings is 1. The van der Waals surface area contributed by atoms with Gasteiger partial charge in [-0.25, -0.2) is 4.98 Å². The van der Waals surface area contributed by atoms with Gasteiger partial charge in [-0.15, -0.1) is 0 Å². The molecule has 0 spiro atoms. The second kappa shape index (κ2) is 9.89. The summed E-state index contributed by atoms with van der Waals surface area (Å²) in [7, 11) is 1.61. The van der Waals surface area contributed by atoms with Crippen LogP contribution in [-0.2, 0) is 21.8 Å². The molecule has 1 saturated heterocycles. The van der Waals surface area contributed by atoms with Crippen LogP contribution in [0.2, 0.25) is 5.02 Å². The first-order valence-corrected chi connectivity index (χ1v) is 11.4. The summed E-state index contributed by atoms with van der Waals surface area (Å²) in [4.78, 5) is 4.14. The van der Waals surface area contributed by atoms with Crippen molar-refractivity contribution >= 4 is 11.6 Å². The predicted octanol–water partition coefficient (Wildman–Crippen LogP) is 5.56. The molecule has 1 aliphatic rings. The van der Waals surface area contributed by atoms with E-state index in [1.807, 2.05) is 53.2 Å². The number of ether oxygens (including phenoxy) is 4. The summed E-state index contributed by atoms with van der Waals surface area (Å²) in [6, 6.07) is 23.8. The van der Waals surface area contributed by atoms with Crippen LogP contribution in [-0.4, -0.2) is 36.0 Å². The molecule has 2 unspecified atom stereocenters. The van der Waals surface area contributed by atoms with Crippen molar-refractivity contribution in [2.45, 2.75) is 18.4 Å². The van der Waals surface area contributed by atoms with Crippen LogP contribution in [0.1, 0.15) is 5.56 Å². The van der Waals surface area contributed by atoms with E-state index in [1.54, 1.807) is 25.7 Å². The number of benzene rings is 3. The summed E-state index contributed by atoms with van der Waals surface area (Å²) < 4.78 is 26.0. The van der Waals surface area contributed by atoms with Crippen LogP contribution in [0.15, 0.2) is 91.5 Å². The molecule has 174 valence electrons. The Bertz CT molecular complexity index is 1220. The van der Waals surface area contributed by atoms with Crippen molar-refractivity contribution in [2.75, 3.05) is 20.3 Å². The maximum atomic E-state index is 6.61. The van der Waals surface area contributed by atoms with E-state index in [0.717, 1.165) is 16.9 Å². The fraction of sp³-hybridized carbons (Fsp3) is 0.222. The second-order valence-electron chi connectivity index (χ2n) is 8.09. The fourth-order valence-corrected chi connectivity index (χ4v) is 4.39. The van der Waals surface area contributed by atoms with E-state index in [1.165, 1.54) is 5.56 Å². The quantitative estimate of drug-likeness (QED) is 0.333. The Labute approximate surface area is 203 Å². The summed E-state index contributed by atoms with van der Waals surface area (Å²) in [5.74, 6) is 0.385. The topological polar surface area (TPSA) is 54.7 Å². The molecule has 1 fully saturated rings. The van der Waals surface area contributed by atoms with Crippen molar-refractivity contribution in [2.24, 2.45) is 0 Å². The number of aromatic nitrogens is 2. The van der Waals surface area contributed by atoms with Crippen LogP contribution in [0.4, 0.5) is 0 Å². The number of halogens is 1. The summed E-state index contributed by atoms with van der Waals surface area (Å²) in [5.41, 5.74) is 3.04. The third-order valence-corrected chi connectivity index (χ3v) is 6.11. The Balaban J connectivity index is 1.30. The monoisotopic (exact) mass is 476 g/mol. The highest BCUT2D eigenvalue weighted by atomic mass is 35.5. The first-order chi connectivity index (χ1) is 16.6. The molecule has 5 rings (SSSR count).